The van der Waals surface area contributed by atoms with Gasteiger partial charge in [-0.1, -0.05) is 122 Å². The van der Waals surface area contributed by atoms with Crippen LogP contribution in [-0.2, 0) is 39.8 Å². The average molecular weight is 817 g/mol. The van der Waals surface area contributed by atoms with Gasteiger partial charge in [0.1, 0.15) is 24.5 Å². The quantitative estimate of drug-likeness (QED) is 0.0598. The molecule has 0 spiro atoms. The third kappa shape index (κ3) is 17.2. The van der Waals surface area contributed by atoms with Gasteiger partial charge in [-0.15, -0.1) is 0 Å². The molecule has 0 aliphatic heterocycles. The lowest BCUT2D eigenvalue weighted by Crippen LogP contribution is -2.43. The molecule has 0 saturated carbocycles. The molecule has 0 aliphatic rings. The van der Waals surface area contributed by atoms with Crippen LogP contribution in [0, 0.1) is 17.3 Å². The molecule has 0 heterocycles. The van der Waals surface area contributed by atoms with Crippen LogP contribution in [0.25, 0.3) is 6.08 Å². The van der Waals surface area contributed by atoms with Crippen molar-refractivity contribution < 1.29 is 38.1 Å². The number of amides is 1. The van der Waals surface area contributed by atoms with Crippen molar-refractivity contribution in [1.82, 2.24) is 10.6 Å². The largest absolute Gasteiger partial charge is 0.495 e. The number of halogens is 4. The van der Waals surface area contributed by atoms with Crippen molar-refractivity contribution in [3.63, 3.8) is 0 Å². The molecule has 0 bridgehead atoms. The number of carbonyl (C=O) groups is 4. The minimum absolute atomic E-state index is 0.00458. The lowest BCUT2D eigenvalue weighted by atomic mass is 9.93. The normalized spacial score (nSPS) is 14.4. The highest BCUT2D eigenvalue weighted by Crippen LogP contribution is 2.28. The summed E-state index contributed by atoms with van der Waals surface area (Å²) in [7, 11) is 3.20. The van der Waals surface area contributed by atoms with Gasteiger partial charge in [0.25, 0.3) is 0 Å². The van der Waals surface area contributed by atoms with Crippen LogP contribution in [0.5, 0.6) is 5.75 Å². The molecule has 0 aromatic heterocycles. The van der Waals surface area contributed by atoms with E-state index in [4.69, 9.17) is 65.4 Å². The monoisotopic (exact) mass is 814 g/mol. The van der Waals surface area contributed by atoms with E-state index < -0.39 is 57.9 Å². The number of alkyl halides is 3. The molecule has 0 fully saturated rings. The predicted octanol–water partition coefficient (Wildman–Crippen LogP) is 7.70. The fraction of sp³-hybridized carbons (Fsp3) is 0.487. The van der Waals surface area contributed by atoms with E-state index in [1.165, 1.54) is 19.3 Å². The second-order valence-electron chi connectivity index (χ2n) is 13.6. The first kappa shape index (κ1) is 45.9. The summed E-state index contributed by atoms with van der Waals surface area (Å²) in [6.07, 6.45) is 5.07. The fourth-order valence-electron chi connectivity index (χ4n) is 5.02. The summed E-state index contributed by atoms with van der Waals surface area (Å²) in [5, 5.41) is 5.92. The topological polar surface area (TPSA) is 129 Å². The third-order valence-electron chi connectivity index (χ3n) is 7.89. The Balaban J connectivity index is 2.31. The lowest BCUT2D eigenvalue weighted by Gasteiger charge is -2.28. The van der Waals surface area contributed by atoms with Crippen molar-refractivity contribution in [3.05, 3.63) is 82.9 Å². The first-order chi connectivity index (χ1) is 24.8. The number of nitrogens with one attached hydrogen (secondary N) is 2. The van der Waals surface area contributed by atoms with Crippen molar-refractivity contribution in [1.29, 1.82) is 0 Å². The molecule has 0 saturated heterocycles. The standard InChI is InChI=1S/C39H50Cl4N2O8/c1-25(2)20-33(53-37(49)38(4,5)23-44-6)36(48)52-31(26(3)16-17-27-12-9-8-10-13-27)14-11-15-34(46)45-30(35(47)51-24-39(41,42)43)22-28-18-19-32(50-7)29(40)21-28/h8-13,15-19,21,25-26,30-31,33,44H,14,20,22-24H2,1-7H3,(H,45,46)/b15-11+,17-16+/t26?,30-,31?,33+/m1/s1. The van der Waals surface area contributed by atoms with Crippen LogP contribution in [0.15, 0.2) is 66.8 Å². The number of methoxy groups -OCH3 is 1. The van der Waals surface area contributed by atoms with Gasteiger partial charge in [-0.05, 0) is 62.6 Å². The van der Waals surface area contributed by atoms with Gasteiger partial charge in [0.15, 0.2) is 6.10 Å². The smallest absolute Gasteiger partial charge is 0.347 e. The molecular weight excluding hydrogens is 766 g/mol. The van der Waals surface area contributed by atoms with Crippen molar-refractivity contribution in [2.75, 3.05) is 27.3 Å². The van der Waals surface area contributed by atoms with E-state index in [2.05, 4.69) is 10.6 Å². The summed E-state index contributed by atoms with van der Waals surface area (Å²) in [6.45, 7) is 8.99. The Morgan fingerprint density at radius 3 is 2.21 bits per heavy atom. The summed E-state index contributed by atoms with van der Waals surface area (Å²) < 4.78 is 20.3. The van der Waals surface area contributed by atoms with E-state index in [1.807, 2.05) is 63.3 Å². The predicted molar refractivity (Wildman–Crippen MR) is 210 cm³/mol. The minimum atomic E-state index is -1.86. The van der Waals surface area contributed by atoms with Crippen molar-refractivity contribution in [3.8, 4) is 5.75 Å². The molecule has 0 radical (unpaired) electrons. The molecule has 2 aromatic rings. The lowest BCUT2D eigenvalue weighted by molar-refractivity contribution is -0.178. The van der Waals surface area contributed by atoms with Crippen LogP contribution in [0.2, 0.25) is 5.02 Å². The second kappa shape index (κ2) is 22.2. The molecule has 2 aromatic carbocycles. The van der Waals surface area contributed by atoms with Crippen LogP contribution in [-0.4, -0.2) is 73.2 Å². The molecule has 292 valence electrons. The van der Waals surface area contributed by atoms with Crippen LogP contribution in [0.1, 0.15) is 58.6 Å². The molecule has 14 heteroatoms. The van der Waals surface area contributed by atoms with Crippen LogP contribution in [0.3, 0.4) is 0 Å². The molecule has 4 atom stereocenters. The number of benzene rings is 2. The number of carbonyl (C=O) groups excluding carboxylic acids is 4. The molecule has 2 unspecified atom stereocenters. The Morgan fingerprint density at radius 1 is 0.943 bits per heavy atom. The number of rotatable bonds is 20. The zero-order chi connectivity index (χ0) is 39.8. The SMILES string of the molecule is CNCC(C)(C)C(=O)O[C@@H](CC(C)C)C(=O)OC(C/C=C/C(=O)N[C@H](Cc1ccc(OC)c(Cl)c1)C(=O)OCC(Cl)(Cl)Cl)C(C)/C=C/c1ccccc1. The van der Waals surface area contributed by atoms with Gasteiger partial charge in [-0.3, -0.25) is 9.59 Å². The van der Waals surface area contributed by atoms with Gasteiger partial charge in [-0.2, -0.15) is 0 Å². The molecule has 1 amide bonds. The highest BCUT2D eigenvalue weighted by Gasteiger charge is 2.35. The van der Waals surface area contributed by atoms with E-state index in [0.717, 1.165) is 5.56 Å². The van der Waals surface area contributed by atoms with E-state index in [0.29, 0.717) is 22.9 Å². The van der Waals surface area contributed by atoms with Crippen LogP contribution >= 0.6 is 46.4 Å². The van der Waals surface area contributed by atoms with Gasteiger partial charge >= 0.3 is 17.9 Å². The van der Waals surface area contributed by atoms with Gasteiger partial charge in [0.05, 0.1) is 17.5 Å². The zero-order valence-electron chi connectivity index (χ0n) is 31.1. The van der Waals surface area contributed by atoms with Crippen LogP contribution < -0.4 is 15.4 Å². The Morgan fingerprint density at radius 2 is 1.62 bits per heavy atom. The summed E-state index contributed by atoms with van der Waals surface area (Å²) in [4.78, 5) is 52.9. The van der Waals surface area contributed by atoms with Gasteiger partial charge in [-0.25, -0.2) is 9.59 Å². The molecule has 10 nitrogen and oxygen atoms in total. The number of hydrogen-bond donors (Lipinski definition) is 2. The van der Waals surface area contributed by atoms with E-state index in [9.17, 15) is 19.2 Å². The molecule has 2 rings (SSSR count). The third-order valence-corrected chi connectivity index (χ3v) is 8.51. The average Bonchev–Trinajstić information content (AvgIpc) is 3.08. The first-order valence-corrected chi connectivity index (χ1v) is 18.7. The minimum Gasteiger partial charge on any atom is -0.495 e. The maximum Gasteiger partial charge on any atom is 0.347 e. The van der Waals surface area contributed by atoms with Gasteiger partial charge in [0, 0.05) is 25.3 Å². The van der Waals surface area contributed by atoms with Crippen molar-refractivity contribution in [2.45, 2.75) is 75.9 Å². The van der Waals surface area contributed by atoms with Crippen molar-refractivity contribution >= 4 is 76.3 Å². The van der Waals surface area contributed by atoms with E-state index in [1.54, 1.807) is 39.1 Å². The Kier molecular flexibility index (Phi) is 19.2. The Hall–Kier alpha value is -3.28. The van der Waals surface area contributed by atoms with Crippen molar-refractivity contribution in [2.24, 2.45) is 17.3 Å². The molecular formula is C39H50Cl4N2O8. The number of ether oxygens (including phenoxy) is 4. The summed E-state index contributed by atoms with van der Waals surface area (Å²) in [5.74, 6) is -2.55. The highest BCUT2D eigenvalue weighted by atomic mass is 35.6. The Labute approximate surface area is 332 Å². The number of esters is 3. The zero-order valence-corrected chi connectivity index (χ0v) is 34.2. The fourth-order valence-corrected chi connectivity index (χ4v) is 5.46. The molecule has 2 N–H and O–H groups in total. The summed E-state index contributed by atoms with van der Waals surface area (Å²) >= 11 is 23.6. The van der Waals surface area contributed by atoms with E-state index >= 15 is 0 Å². The second-order valence-corrected chi connectivity index (χ2v) is 16.6. The maximum absolute atomic E-state index is 13.6. The summed E-state index contributed by atoms with van der Waals surface area (Å²) in [6, 6.07) is 13.4. The van der Waals surface area contributed by atoms with Crippen LogP contribution in [0.4, 0.5) is 0 Å². The molecule has 0 aliphatic carbocycles. The Bertz CT molecular complexity index is 1560. The first-order valence-electron chi connectivity index (χ1n) is 17.2. The van der Waals surface area contributed by atoms with E-state index in [-0.39, 0.29) is 31.1 Å². The summed E-state index contributed by atoms with van der Waals surface area (Å²) in [5.41, 5.74) is 0.674. The highest BCUT2D eigenvalue weighted by molar-refractivity contribution is 6.67. The molecule has 53 heavy (non-hydrogen) atoms. The van der Waals surface area contributed by atoms with Gasteiger partial charge < -0.3 is 29.6 Å². The maximum atomic E-state index is 13.6. The van der Waals surface area contributed by atoms with Gasteiger partial charge in [0.2, 0.25) is 9.70 Å². The number of hydrogen-bond acceptors (Lipinski definition) is 9.